The molecule has 26 heteroatoms. The van der Waals surface area contributed by atoms with Crippen molar-refractivity contribution in [2.75, 3.05) is 6.61 Å². The maximum absolute atomic E-state index is 14.5. The first-order valence-corrected chi connectivity index (χ1v) is 18.3. The molecule has 2 heterocycles. The van der Waals surface area contributed by atoms with Gasteiger partial charge in [0.25, 0.3) is 0 Å². The zero-order valence-electron chi connectivity index (χ0n) is 32.8. The van der Waals surface area contributed by atoms with Gasteiger partial charge in [-0.05, 0) is 36.4 Å². The van der Waals surface area contributed by atoms with Gasteiger partial charge in [-0.25, -0.2) is 24.0 Å². The molecule has 0 saturated heterocycles. The van der Waals surface area contributed by atoms with Crippen LogP contribution < -0.4 is 0 Å². The van der Waals surface area contributed by atoms with Gasteiger partial charge in [-0.1, -0.05) is 0 Å². The van der Waals surface area contributed by atoms with E-state index in [0.29, 0.717) is 36.4 Å². The second-order valence-corrected chi connectivity index (χ2v) is 14.2. The molecule has 67 heavy (non-hydrogen) atoms. The van der Waals surface area contributed by atoms with E-state index in [1.807, 2.05) is 0 Å². The minimum Gasteiger partial charge on any atom is -0.504 e. The summed E-state index contributed by atoms with van der Waals surface area (Å²) in [4.78, 5) is 83.6. The van der Waals surface area contributed by atoms with Crippen LogP contribution in [-0.2, 0) is 28.5 Å². The van der Waals surface area contributed by atoms with Gasteiger partial charge in [0.15, 0.2) is 93.9 Å². The maximum Gasteiger partial charge on any atom is 0.339 e. The molecule has 0 bridgehead atoms. The van der Waals surface area contributed by atoms with Crippen LogP contribution in [0.3, 0.4) is 0 Å². The van der Waals surface area contributed by atoms with Crippen LogP contribution in [0.5, 0.6) is 86.2 Å². The molecule has 26 nitrogen and oxygen atoms in total. The van der Waals surface area contributed by atoms with E-state index in [1.165, 1.54) is 0 Å². The molecule has 0 saturated carbocycles. The first kappa shape index (κ1) is 45.2. The Bertz CT molecular complexity index is 3000. The molecular weight excluding hydrogens is 908 g/mol. The molecule has 5 aromatic carbocycles. The Labute approximate surface area is 368 Å². The van der Waals surface area contributed by atoms with Crippen molar-refractivity contribution < 1.29 is 129 Å². The number of carbonyl (C=O) groups is 6. The van der Waals surface area contributed by atoms with Crippen LogP contribution in [0.1, 0.15) is 51.8 Å². The predicted octanol–water partition coefficient (Wildman–Crippen LogP) is 1.49. The average molecular weight is 937 g/mol. The Hall–Kier alpha value is -9.88. The number of hydrogen-bond acceptors (Lipinski definition) is 26. The highest BCUT2D eigenvalue weighted by Crippen LogP contribution is 2.55. The van der Waals surface area contributed by atoms with Crippen molar-refractivity contribution in [3.63, 3.8) is 0 Å². The van der Waals surface area contributed by atoms with E-state index >= 15 is 0 Å². The van der Waals surface area contributed by atoms with Crippen LogP contribution >= 0.6 is 0 Å². The van der Waals surface area contributed by atoms with Gasteiger partial charge in [0, 0.05) is 22.3 Å². The molecule has 1 unspecified atom stereocenters. The first-order chi connectivity index (χ1) is 31.5. The lowest BCUT2D eigenvalue weighted by Crippen LogP contribution is -2.54. The molecule has 2 aliphatic rings. The van der Waals surface area contributed by atoms with E-state index in [2.05, 4.69) is 0 Å². The van der Waals surface area contributed by atoms with E-state index in [-0.39, 0.29) is 6.29 Å². The molecule has 7 rings (SSSR count). The van der Waals surface area contributed by atoms with Crippen molar-refractivity contribution in [1.82, 2.24) is 0 Å². The Morgan fingerprint density at radius 3 is 1.15 bits per heavy atom. The molecule has 0 aliphatic carbocycles. The van der Waals surface area contributed by atoms with Gasteiger partial charge in [-0.3, -0.25) is 4.79 Å². The van der Waals surface area contributed by atoms with E-state index in [9.17, 15) is 105 Å². The SMILES string of the molecule is O=C[C@@H]1OC(=O)c2cc(O)c(O)c(O)c2-c2c(cc(O)c(O)c2O)C(=O)O[C@H]1[C@@H]1OC(=O)c2cc(O)c(O)c(O)c2-c2c(cc(O)c(O)c2O)C(=O)OCC1OC(=O)c1cc(O)c(O)c(O)c1. The zero-order valence-corrected chi connectivity index (χ0v) is 32.8. The van der Waals surface area contributed by atoms with E-state index in [4.69, 9.17) is 23.7 Å². The number of ether oxygens (including phenoxy) is 5. The normalized spacial score (nSPS) is 18.2. The minimum absolute atomic E-state index is 0.319. The predicted molar refractivity (Wildman–Crippen MR) is 208 cm³/mol. The van der Waals surface area contributed by atoms with Gasteiger partial charge < -0.3 is 100 Å². The number of fused-ring (bicyclic) bond motifs is 6. The molecule has 0 radical (unpaired) electrons. The third-order valence-corrected chi connectivity index (χ3v) is 10.2. The highest BCUT2D eigenvalue weighted by molar-refractivity contribution is 6.10. The maximum atomic E-state index is 14.5. The summed E-state index contributed by atoms with van der Waals surface area (Å²) in [5, 5.41) is 158. The highest BCUT2D eigenvalue weighted by atomic mass is 16.6. The first-order valence-electron chi connectivity index (χ1n) is 18.3. The van der Waals surface area contributed by atoms with Gasteiger partial charge >= 0.3 is 29.8 Å². The molecule has 5 aromatic rings. The molecule has 0 fully saturated rings. The molecule has 4 atom stereocenters. The molecule has 0 aromatic heterocycles. The van der Waals surface area contributed by atoms with Crippen LogP contribution in [0.2, 0.25) is 0 Å². The number of esters is 5. The Kier molecular flexibility index (Phi) is 11.0. The zero-order chi connectivity index (χ0) is 49.2. The van der Waals surface area contributed by atoms with Gasteiger partial charge in [-0.15, -0.1) is 0 Å². The monoisotopic (exact) mass is 936 g/mol. The number of cyclic esters (lactones) is 4. The van der Waals surface area contributed by atoms with Gasteiger partial charge in [-0.2, -0.15) is 0 Å². The highest BCUT2D eigenvalue weighted by Gasteiger charge is 2.48. The number of benzene rings is 5. The third kappa shape index (κ3) is 7.39. The Morgan fingerprint density at radius 2 is 0.776 bits per heavy atom. The molecule has 15 N–H and O–H groups in total. The summed E-state index contributed by atoms with van der Waals surface area (Å²) in [6.07, 6.45) is -11.2. The second-order valence-electron chi connectivity index (χ2n) is 14.2. The van der Waals surface area contributed by atoms with Crippen LogP contribution in [0.4, 0.5) is 0 Å². The smallest absolute Gasteiger partial charge is 0.339 e. The standard InChI is InChI=1S/C41H28O26/c42-7-20-35(66-40(61)13-6-19(48)30(53)34(57)25(13)23-11(39(60)64-20)4-17(46)28(51)32(23)55)36-21(65-37(58)9-1-14(43)26(49)15(44)2-9)8-63-38(59)10-3-16(45)27(50)31(54)22(10)24-12(41(62)67-36)5-18(47)29(52)33(24)56/h1-7,20-21,35-36,43-57H,8H2/t20-,21?,35+,36+/m0/s1. The molecule has 0 amide bonds. The summed E-state index contributed by atoms with van der Waals surface area (Å²) in [6.45, 7) is -1.51. The van der Waals surface area contributed by atoms with Crippen LogP contribution in [-0.4, -0.2) is 144 Å². The second kappa shape index (κ2) is 16.3. The summed E-state index contributed by atoms with van der Waals surface area (Å²) in [7, 11) is 0. The lowest BCUT2D eigenvalue weighted by atomic mass is 9.91. The van der Waals surface area contributed by atoms with Crippen LogP contribution in [0, 0.1) is 0 Å². The van der Waals surface area contributed by atoms with Crippen LogP contribution in [0.25, 0.3) is 22.3 Å². The lowest BCUT2D eigenvalue weighted by Gasteiger charge is -2.35. The van der Waals surface area contributed by atoms with Crippen molar-refractivity contribution in [3.05, 3.63) is 64.2 Å². The third-order valence-electron chi connectivity index (χ3n) is 10.2. The number of carbonyl (C=O) groups excluding carboxylic acids is 6. The van der Waals surface area contributed by atoms with Gasteiger partial charge in [0.1, 0.15) is 6.61 Å². The fourth-order valence-electron chi connectivity index (χ4n) is 7.00. The lowest BCUT2D eigenvalue weighted by molar-refractivity contribution is -0.143. The Balaban J connectivity index is 1.51. The van der Waals surface area contributed by atoms with E-state index < -0.39 is 197 Å². The molecule has 348 valence electrons. The summed E-state index contributed by atoms with van der Waals surface area (Å²) < 4.78 is 27.1. The summed E-state index contributed by atoms with van der Waals surface area (Å²) in [6, 6.07) is 2.44. The molecule has 0 spiro atoms. The van der Waals surface area contributed by atoms with Crippen molar-refractivity contribution in [1.29, 1.82) is 0 Å². The van der Waals surface area contributed by atoms with Gasteiger partial charge in [0.05, 0.1) is 27.8 Å². The Morgan fingerprint density at radius 1 is 0.448 bits per heavy atom. The topological polar surface area (TPSA) is 452 Å². The van der Waals surface area contributed by atoms with Crippen molar-refractivity contribution >= 4 is 36.1 Å². The number of phenols is 15. The minimum atomic E-state index is -2.81. The van der Waals surface area contributed by atoms with Crippen LogP contribution in [0.15, 0.2) is 36.4 Å². The number of phenolic OH excluding ortho intramolecular Hbond substituents is 15. The fourth-order valence-corrected chi connectivity index (χ4v) is 7.00. The van der Waals surface area contributed by atoms with Crippen molar-refractivity contribution in [3.8, 4) is 108 Å². The van der Waals surface area contributed by atoms with Crippen molar-refractivity contribution in [2.45, 2.75) is 24.4 Å². The average Bonchev–Trinajstić information content (AvgIpc) is 3.29. The van der Waals surface area contributed by atoms with E-state index in [1.54, 1.807) is 0 Å². The number of aromatic hydroxyl groups is 15. The number of aldehydes is 1. The van der Waals surface area contributed by atoms with E-state index in [0.717, 1.165) is 0 Å². The quantitative estimate of drug-likeness (QED) is 0.0525. The van der Waals surface area contributed by atoms with Crippen molar-refractivity contribution in [2.24, 2.45) is 0 Å². The van der Waals surface area contributed by atoms with Gasteiger partial charge in [0.2, 0.25) is 23.0 Å². The molecular formula is C41H28O26. The number of rotatable bonds is 4. The summed E-state index contributed by atoms with van der Waals surface area (Å²) in [5.41, 5.74) is -10.0. The largest absolute Gasteiger partial charge is 0.504 e. The summed E-state index contributed by atoms with van der Waals surface area (Å²) in [5.74, 6) is -29.6. The molecule has 2 aliphatic heterocycles. The fraction of sp³-hybridized carbons (Fsp3) is 0.122. The number of hydrogen-bond donors (Lipinski definition) is 15. The summed E-state index contributed by atoms with van der Waals surface area (Å²) >= 11 is 0.